The van der Waals surface area contributed by atoms with Crippen molar-refractivity contribution in [2.24, 2.45) is 5.73 Å². The lowest BCUT2D eigenvalue weighted by molar-refractivity contribution is 0.812. The number of aromatic nitrogens is 3. The molecule has 0 saturated carbocycles. The summed E-state index contributed by atoms with van der Waals surface area (Å²) in [7, 11) is 0. The van der Waals surface area contributed by atoms with E-state index in [1.807, 2.05) is 6.07 Å². The van der Waals surface area contributed by atoms with Crippen molar-refractivity contribution in [3.8, 4) is 10.7 Å². The summed E-state index contributed by atoms with van der Waals surface area (Å²) < 4.78 is 0. The van der Waals surface area contributed by atoms with E-state index in [1.54, 1.807) is 23.6 Å². The minimum Gasteiger partial charge on any atom is -0.330 e. The second-order valence-electron chi connectivity index (χ2n) is 3.25. The third-order valence-electron chi connectivity index (χ3n) is 2.01. The van der Waals surface area contributed by atoms with Gasteiger partial charge in [-0.2, -0.15) is 0 Å². The molecule has 0 saturated heterocycles. The van der Waals surface area contributed by atoms with Crippen LogP contribution in [0.3, 0.4) is 0 Å². The summed E-state index contributed by atoms with van der Waals surface area (Å²) >= 11 is 7.31. The Morgan fingerprint density at radius 2 is 2.19 bits per heavy atom. The predicted octanol–water partition coefficient (Wildman–Crippen LogP) is 2.14. The van der Waals surface area contributed by atoms with Gasteiger partial charge in [-0.3, -0.25) is 4.98 Å². The maximum absolute atomic E-state index is 5.76. The highest BCUT2D eigenvalue weighted by atomic mass is 35.5. The van der Waals surface area contributed by atoms with E-state index < -0.39 is 0 Å². The summed E-state index contributed by atoms with van der Waals surface area (Å²) in [6.07, 6.45) is 3.42. The van der Waals surface area contributed by atoms with Crippen molar-refractivity contribution in [1.29, 1.82) is 0 Å². The Hall–Kier alpha value is -1.04. The maximum atomic E-state index is 5.76. The molecule has 4 nitrogen and oxygen atoms in total. The Labute approximate surface area is 102 Å². The number of halogens is 1. The third kappa shape index (κ3) is 2.75. The Kier molecular flexibility index (Phi) is 3.82. The van der Waals surface area contributed by atoms with Crippen molar-refractivity contribution in [2.75, 3.05) is 6.54 Å². The molecule has 0 aliphatic heterocycles. The van der Waals surface area contributed by atoms with Crippen molar-refractivity contribution >= 4 is 22.9 Å². The van der Waals surface area contributed by atoms with Crippen LogP contribution < -0.4 is 5.73 Å². The quantitative estimate of drug-likeness (QED) is 0.908. The molecule has 2 heterocycles. The van der Waals surface area contributed by atoms with Gasteiger partial charge in [-0.25, -0.2) is 0 Å². The van der Waals surface area contributed by atoms with Crippen molar-refractivity contribution in [2.45, 2.75) is 12.8 Å². The Morgan fingerprint density at radius 3 is 2.88 bits per heavy atom. The maximum Gasteiger partial charge on any atom is 0.166 e. The third-order valence-corrected chi connectivity index (χ3v) is 3.24. The molecule has 2 N–H and O–H groups in total. The Balaban J connectivity index is 2.15. The van der Waals surface area contributed by atoms with Gasteiger partial charge in [0.2, 0.25) is 0 Å². The van der Waals surface area contributed by atoms with E-state index in [0.717, 1.165) is 28.6 Å². The second-order valence-corrected chi connectivity index (χ2v) is 4.75. The van der Waals surface area contributed by atoms with E-state index >= 15 is 0 Å². The molecule has 0 radical (unpaired) electrons. The molecular formula is C10H11ClN4S. The zero-order valence-electron chi connectivity index (χ0n) is 8.56. The van der Waals surface area contributed by atoms with E-state index in [-0.39, 0.29) is 0 Å². The first-order valence-electron chi connectivity index (χ1n) is 4.94. The molecule has 84 valence electrons. The number of hydrogen-bond acceptors (Lipinski definition) is 5. The van der Waals surface area contributed by atoms with Gasteiger partial charge in [-0.05, 0) is 25.1 Å². The number of nitrogens with two attached hydrogens (primary N) is 1. The van der Waals surface area contributed by atoms with Crippen molar-refractivity contribution in [3.63, 3.8) is 0 Å². The van der Waals surface area contributed by atoms with Crippen LogP contribution in [-0.2, 0) is 6.42 Å². The highest BCUT2D eigenvalue weighted by Crippen LogP contribution is 2.22. The summed E-state index contributed by atoms with van der Waals surface area (Å²) in [5, 5.41) is 10.6. The van der Waals surface area contributed by atoms with E-state index in [9.17, 15) is 0 Å². The van der Waals surface area contributed by atoms with Crippen LogP contribution in [-0.4, -0.2) is 21.7 Å². The van der Waals surface area contributed by atoms with Crippen molar-refractivity contribution < 1.29 is 0 Å². The van der Waals surface area contributed by atoms with Crippen LogP contribution in [0.25, 0.3) is 10.7 Å². The first-order chi connectivity index (χ1) is 7.79. The average Bonchev–Trinajstić information content (AvgIpc) is 2.76. The van der Waals surface area contributed by atoms with Gasteiger partial charge in [0.25, 0.3) is 0 Å². The van der Waals surface area contributed by atoms with Gasteiger partial charge in [-0.15, -0.1) is 10.2 Å². The van der Waals surface area contributed by atoms with E-state index in [2.05, 4.69) is 15.2 Å². The van der Waals surface area contributed by atoms with Gasteiger partial charge in [-0.1, -0.05) is 22.9 Å². The molecule has 0 amide bonds. The summed E-state index contributed by atoms with van der Waals surface area (Å²) in [4.78, 5) is 4.19. The van der Waals surface area contributed by atoms with Crippen molar-refractivity contribution in [1.82, 2.24) is 15.2 Å². The second kappa shape index (κ2) is 5.34. The highest BCUT2D eigenvalue weighted by Gasteiger charge is 2.07. The fourth-order valence-electron chi connectivity index (χ4n) is 1.21. The molecule has 2 rings (SSSR count). The molecule has 16 heavy (non-hydrogen) atoms. The fourth-order valence-corrected chi connectivity index (χ4v) is 2.18. The molecule has 0 atom stereocenters. The molecule has 0 aliphatic rings. The molecular weight excluding hydrogens is 244 g/mol. The van der Waals surface area contributed by atoms with Gasteiger partial charge in [0, 0.05) is 12.6 Å². The number of aryl methyl sites for hydroxylation is 1. The minimum atomic E-state index is 0.622. The number of rotatable bonds is 4. The van der Waals surface area contributed by atoms with Crippen LogP contribution in [0.5, 0.6) is 0 Å². The molecule has 0 fully saturated rings. The lowest BCUT2D eigenvalue weighted by Crippen LogP contribution is -1.99. The molecule has 2 aromatic heterocycles. The van der Waals surface area contributed by atoms with Gasteiger partial charge in [0.15, 0.2) is 5.01 Å². The van der Waals surface area contributed by atoms with Gasteiger partial charge >= 0.3 is 0 Å². The van der Waals surface area contributed by atoms with Crippen LogP contribution in [0.2, 0.25) is 5.02 Å². The lowest BCUT2D eigenvalue weighted by Gasteiger charge is -1.93. The molecule has 0 aliphatic carbocycles. The molecule has 0 spiro atoms. The molecule has 0 aromatic carbocycles. The highest BCUT2D eigenvalue weighted by molar-refractivity contribution is 7.14. The number of pyridine rings is 1. The fraction of sp³-hybridized carbons (Fsp3) is 0.300. The summed E-state index contributed by atoms with van der Waals surface area (Å²) in [5.41, 5.74) is 6.25. The largest absolute Gasteiger partial charge is 0.330 e. The monoisotopic (exact) mass is 254 g/mol. The first-order valence-corrected chi connectivity index (χ1v) is 6.13. The predicted molar refractivity (Wildman–Crippen MR) is 65.5 cm³/mol. The SMILES string of the molecule is NCCCc1nnc(-c2ccc(Cl)cn2)s1. The summed E-state index contributed by atoms with van der Waals surface area (Å²) in [6.45, 7) is 0.675. The molecule has 0 unspecified atom stereocenters. The lowest BCUT2D eigenvalue weighted by atomic mass is 10.3. The molecule has 2 aromatic rings. The molecule has 6 heteroatoms. The zero-order valence-corrected chi connectivity index (χ0v) is 10.1. The Morgan fingerprint density at radius 1 is 1.31 bits per heavy atom. The van der Waals surface area contributed by atoms with Gasteiger partial charge in [0.1, 0.15) is 10.7 Å². The van der Waals surface area contributed by atoms with Crippen LogP contribution in [0.1, 0.15) is 11.4 Å². The van der Waals surface area contributed by atoms with E-state index in [4.69, 9.17) is 17.3 Å². The van der Waals surface area contributed by atoms with Crippen molar-refractivity contribution in [3.05, 3.63) is 28.4 Å². The van der Waals surface area contributed by atoms with E-state index in [0.29, 0.717) is 11.6 Å². The normalized spacial score (nSPS) is 10.6. The zero-order chi connectivity index (χ0) is 11.4. The standard InChI is InChI=1S/C10H11ClN4S/c11-7-3-4-8(13-6-7)10-15-14-9(16-10)2-1-5-12/h3-4,6H,1-2,5,12H2. The Bertz CT molecular complexity index is 454. The van der Waals surface area contributed by atoms with Crippen LogP contribution in [0.15, 0.2) is 18.3 Å². The van der Waals surface area contributed by atoms with Crippen LogP contribution >= 0.6 is 22.9 Å². The minimum absolute atomic E-state index is 0.622. The van der Waals surface area contributed by atoms with Gasteiger partial charge in [0.05, 0.1) is 5.02 Å². The van der Waals surface area contributed by atoms with E-state index in [1.165, 1.54) is 0 Å². The number of nitrogens with zero attached hydrogens (tertiary/aromatic N) is 3. The van der Waals surface area contributed by atoms with Crippen LogP contribution in [0, 0.1) is 0 Å². The average molecular weight is 255 g/mol. The smallest absolute Gasteiger partial charge is 0.166 e. The summed E-state index contributed by atoms with van der Waals surface area (Å²) in [5.74, 6) is 0. The number of hydrogen-bond donors (Lipinski definition) is 1. The summed E-state index contributed by atoms with van der Waals surface area (Å²) in [6, 6.07) is 3.64. The van der Waals surface area contributed by atoms with Crippen LogP contribution in [0.4, 0.5) is 0 Å². The van der Waals surface area contributed by atoms with Gasteiger partial charge < -0.3 is 5.73 Å². The topological polar surface area (TPSA) is 64.7 Å². The molecule has 0 bridgehead atoms. The first kappa shape index (κ1) is 11.4.